The number of hydrogen-bond acceptors (Lipinski definition) is 3. The highest BCUT2D eigenvalue weighted by Crippen LogP contribution is 2.36. The Morgan fingerprint density at radius 1 is 1.32 bits per heavy atom. The molecule has 1 aromatic heterocycles. The Balaban J connectivity index is 2.17. The van der Waals surface area contributed by atoms with Crippen LogP contribution in [0.25, 0.3) is 17.0 Å². The molecule has 5 heteroatoms. The molecule has 3 rings (SSSR count). The van der Waals surface area contributed by atoms with Crippen molar-refractivity contribution < 1.29 is 19.4 Å². The highest BCUT2D eigenvalue weighted by molar-refractivity contribution is 5.95. The number of aryl methyl sites for hydroxylation is 1. The first-order valence-corrected chi connectivity index (χ1v) is 5.95. The maximum absolute atomic E-state index is 10.6. The minimum Gasteiger partial charge on any atom is -0.486 e. The third kappa shape index (κ3) is 2.03. The van der Waals surface area contributed by atoms with Crippen molar-refractivity contribution in [2.24, 2.45) is 7.05 Å². The molecule has 0 spiro atoms. The van der Waals surface area contributed by atoms with E-state index in [9.17, 15) is 4.79 Å². The molecule has 1 N–H and O–H groups in total. The second-order valence-electron chi connectivity index (χ2n) is 4.38. The van der Waals surface area contributed by atoms with Gasteiger partial charge in [-0.25, -0.2) is 4.79 Å². The third-order valence-electron chi connectivity index (χ3n) is 3.09. The summed E-state index contributed by atoms with van der Waals surface area (Å²) in [6.45, 7) is 1.08. The number of aromatic nitrogens is 1. The van der Waals surface area contributed by atoms with Gasteiger partial charge in [-0.05, 0) is 12.1 Å². The van der Waals surface area contributed by atoms with Crippen molar-refractivity contribution in [1.82, 2.24) is 4.57 Å². The number of hydrogen-bond donors (Lipinski definition) is 1. The van der Waals surface area contributed by atoms with Crippen molar-refractivity contribution >= 4 is 22.9 Å². The van der Waals surface area contributed by atoms with Crippen molar-refractivity contribution in [3.05, 3.63) is 30.0 Å². The van der Waals surface area contributed by atoms with Gasteiger partial charge in [0.05, 0.1) is 5.52 Å². The van der Waals surface area contributed by atoms with E-state index in [4.69, 9.17) is 14.6 Å². The van der Waals surface area contributed by atoms with Crippen LogP contribution in [-0.2, 0) is 11.8 Å². The average molecular weight is 259 g/mol. The maximum atomic E-state index is 10.6. The van der Waals surface area contributed by atoms with E-state index in [1.54, 1.807) is 6.08 Å². The molecule has 0 saturated heterocycles. The molecule has 1 aliphatic heterocycles. The molecule has 19 heavy (non-hydrogen) atoms. The van der Waals surface area contributed by atoms with E-state index in [0.29, 0.717) is 19.0 Å². The van der Waals surface area contributed by atoms with Gasteiger partial charge in [0.15, 0.2) is 11.5 Å². The summed E-state index contributed by atoms with van der Waals surface area (Å²) in [4.78, 5) is 10.6. The number of aliphatic carboxylic acids is 1. The van der Waals surface area contributed by atoms with E-state index in [-0.39, 0.29) is 0 Å². The van der Waals surface area contributed by atoms with E-state index in [2.05, 4.69) is 0 Å². The molecule has 98 valence electrons. The first-order valence-electron chi connectivity index (χ1n) is 5.95. The Kier molecular flexibility index (Phi) is 2.67. The van der Waals surface area contributed by atoms with Gasteiger partial charge in [0.25, 0.3) is 0 Å². The van der Waals surface area contributed by atoms with Crippen LogP contribution in [0.5, 0.6) is 11.5 Å². The van der Waals surface area contributed by atoms with Crippen molar-refractivity contribution in [3.63, 3.8) is 0 Å². The lowest BCUT2D eigenvalue weighted by atomic mass is 10.1. The molecule has 1 aromatic carbocycles. The van der Waals surface area contributed by atoms with Crippen LogP contribution in [0, 0.1) is 0 Å². The number of ether oxygens (including phenoxy) is 2. The van der Waals surface area contributed by atoms with Crippen molar-refractivity contribution in [1.29, 1.82) is 0 Å². The van der Waals surface area contributed by atoms with E-state index in [0.717, 1.165) is 28.3 Å². The molecule has 0 unspecified atom stereocenters. The molecular formula is C14H13NO4. The Morgan fingerprint density at radius 2 is 2.00 bits per heavy atom. The summed E-state index contributed by atoms with van der Waals surface area (Å²) in [6.07, 6.45) is 4.60. The molecule has 2 heterocycles. The van der Waals surface area contributed by atoms with Gasteiger partial charge in [-0.3, -0.25) is 0 Å². The summed E-state index contributed by atoms with van der Waals surface area (Å²) in [7, 11) is 1.91. The molecule has 0 aliphatic carbocycles. The van der Waals surface area contributed by atoms with Crippen molar-refractivity contribution in [2.45, 2.75) is 0 Å². The fraction of sp³-hybridized carbons (Fsp3) is 0.214. The minimum atomic E-state index is -0.963. The average Bonchev–Trinajstić information content (AvgIpc) is 2.70. The van der Waals surface area contributed by atoms with Gasteiger partial charge in [-0.15, -0.1) is 0 Å². The lowest BCUT2D eigenvalue weighted by Gasteiger charge is -2.18. The van der Waals surface area contributed by atoms with Crippen LogP contribution in [-0.4, -0.2) is 28.9 Å². The molecule has 0 atom stereocenters. The van der Waals surface area contributed by atoms with Crippen LogP contribution < -0.4 is 9.47 Å². The highest BCUT2D eigenvalue weighted by Gasteiger charge is 2.15. The molecular weight excluding hydrogens is 246 g/mol. The second-order valence-corrected chi connectivity index (χ2v) is 4.38. The smallest absolute Gasteiger partial charge is 0.328 e. The number of carboxylic acid groups (broad SMARTS) is 1. The van der Waals surface area contributed by atoms with Crippen LogP contribution in [0.3, 0.4) is 0 Å². The molecule has 0 fully saturated rings. The molecule has 0 saturated carbocycles. The van der Waals surface area contributed by atoms with E-state index in [1.807, 2.05) is 29.9 Å². The Bertz CT molecular complexity index is 684. The largest absolute Gasteiger partial charge is 0.486 e. The zero-order valence-electron chi connectivity index (χ0n) is 10.4. The molecule has 0 bridgehead atoms. The quantitative estimate of drug-likeness (QED) is 0.838. The highest BCUT2D eigenvalue weighted by atomic mass is 16.6. The zero-order valence-corrected chi connectivity index (χ0v) is 10.4. The minimum absolute atomic E-state index is 0.533. The third-order valence-corrected chi connectivity index (χ3v) is 3.09. The number of rotatable bonds is 2. The standard InChI is InChI=1S/C14H13NO4/c1-15-8-9(2-3-14(16)17)10-6-12-13(7-11(10)15)19-5-4-18-12/h2-3,6-8H,4-5H2,1H3,(H,16,17)/b3-2+. The summed E-state index contributed by atoms with van der Waals surface area (Å²) in [5, 5.41) is 9.66. The van der Waals surface area contributed by atoms with Gasteiger partial charge in [-0.2, -0.15) is 0 Å². The van der Waals surface area contributed by atoms with E-state index in [1.165, 1.54) is 0 Å². The van der Waals surface area contributed by atoms with Crippen LogP contribution >= 0.6 is 0 Å². The van der Waals surface area contributed by atoms with Gasteiger partial charge >= 0.3 is 5.97 Å². The summed E-state index contributed by atoms with van der Waals surface area (Å²) >= 11 is 0. The molecule has 0 amide bonds. The Labute approximate surface area is 109 Å². The topological polar surface area (TPSA) is 60.7 Å². The predicted octanol–water partition coefficient (Wildman–Crippen LogP) is 2.05. The van der Waals surface area contributed by atoms with Gasteiger partial charge < -0.3 is 19.1 Å². The van der Waals surface area contributed by atoms with Crippen LogP contribution in [0.1, 0.15) is 5.56 Å². The van der Waals surface area contributed by atoms with E-state index < -0.39 is 5.97 Å². The zero-order chi connectivity index (χ0) is 13.4. The molecule has 1 aliphatic rings. The number of nitrogens with zero attached hydrogens (tertiary/aromatic N) is 1. The van der Waals surface area contributed by atoms with Crippen molar-refractivity contribution in [3.8, 4) is 11.5 Å². The van der Waals surface area contributed by atoms with Gasteiger partial charge in [-0.1, -0.05) is 0 Å². The number of carbonyl (C=O) groups is 1. The molecule has 0 radical (unpaired) electrons. The first-order chi connectivity index (χ1) is 9.15. The lowest BCUT2D eigenvalue weighted by molar-refractivity contribution is -0.131. The summed E-state index contributed by atoms with van der Waals surface area (Å²) in [6, 6.07) is 3.81. The number of fused-ring (bicyclic) bond motifs is 2. The fourth-order valence-electron chi connectivity index (χ4n) is 2.24. The normalized spacial score (nSPS) is 14.2. The summed E-state index contributed by atoms with van der Waals surface area (Å²) < 4.78 is 13.0. The second kappa shape index (κ2) is 4.35. The molecule has 5 nitrogen and oxygen atoms in total. The number of benzene rings is 1. The van der Waals surface area contributed by atoms with Crippen LogP contribution in [0.2, 0.25) is 0 Å². The monoisotopic (exact) mass is 259 g/mol. The maximum Gasteiger partial charge on any atom is 0.328 e. The Morgan fingerprint density at radius 3 is 2.68 bits per heavy atom. The molecule has 2 aromatic rings. The predicted molar refractivity (Wildman–Crippen MR) is 70.6 cm³/mol. The van der Waals surface area contributed by atoms with Crippen LogP contribution in [0.15, 0.2) is 24.4 Å². The Hall–Kier alpha value is -2.43. The fourth-order valence-corrected chi connectivity index (χ4v) is 2.24. The summed E-state index contributed by atoms with van der Waals surface area (Å²) in [5.41, 5.74) is 1.83. The summed E-state index contributed by atoms with van der Waals surface area (Å²) in [5.74, 6) is 0.471. The van der Waals surface area contributed by atoms with Gasteiger partial charge in [0.1, 0.15) is 13.2 Å². The first kappa shape index (κ1) is 11.6. The van der Waals surface area contributed by atoms with E-state index >= 15 is 0 Å². The lowest BCUT2D eigenvalue weighted by Crippen LogP contribution is -2.15. The van der Waals surface area contributed by atoms with Gasteiger partial charge in [0, 0.05) is 36.3 Å². The van der Waals surface area contributed by atoms with Crippen molar-refractivity contribution in [2.75, 3.05) is 13.2 Å². The van der Waals surface area contributed by atoms with Crippen LogP contribution in [0.4, 0.5) is 0 Å². The van der Waals surface area contributed by atoms with Gasteiger partial charge in [0.2, 0.25) is 0 Å². The SMILES string of the molecule is Cn1cc(/C=C/C(=O)O)c2cc3c(cc21)OCCO3. The number of carboxylic acids is 1.